The van der Waals surface area contributed by atoms with Gasteiger partial charge >= 0.3 is 0 Å². The highest BCUT2D eigenvalue weighted by Crippen LogP contribution is 2.20. The summed E-state index contributed by atoms with van der Waals surface area (Å²) in [7, 11) is -4.04. The van der Waals surface area contributed by atoms with E-state index in [4.69, 9.17) is 0 Å². The minimum atomic E-state index is -4.04. The monoisotopic (exact) mass is 290 g/mol. The number of rotatable bonds is 4. The molecular weight excluding hydrogens is 274 g/mol. The van der Waals surface area contributed by atoms with E-state index in [1.165, 1.54) is 0 Å². The zero-order chi connectivity index (χ0) is 14.1. The molecular formula is C12H16F2N2O2S. The minimum Gasteiger partial charge on any atom is -0.310 e. The molecule has 0 saturated carbocycles. The zero-order valence-electron chi connectivity index (χ0n) is 10.5. The lowest BCUT2D eigenvalue weighted by Gasteiger charge is -2.24. The largest absolute Gasteiger partial charge is 0.310 e. The van der Waals surface area contributed by atoms with Gasteiger partial charge in [0.05, 0.1) is 0 Å². The molecule has 2 rings (SSSR count). The Hall–Kier alpha value is -1.05. The molecule has 0 spiro atoms. The summed E-state index contributed by atoms with van der Waals surface area (Å²) in [5, 5.41) is 3.19. The van der Waals surface area contributed by atoms with Crippen LogP contribution in [0, 0.1) is 11.6 Å². The smallest absolute Gasteiger partial charge is 0.243 e. The van der Waals surface area contributed by atoms with Crippen molar-refractivity contribution >= 4 is 10.0 Å². The van der Waals surface area contributed by atoms with Crippen LogP contribution in [0.15, 0.2) is 23.1 Å². The molecule has 1 unspecified atom stereocenters. The molecule has 1 aromatic carbocycles. The van der Waals surface area contributed by atoms with Crippen molar-refractivity contribution in [1.82, 2.24) is 10.0 Å². The maximum Gasteiger partial charge on any atom is 0.243 e. The predicted octanol–water partition coefficient (Wildman–Crippen LogP) is 1.39. The van der Waals surface area contributed by atoms with Crippen LogP contribution in [-0.4, -0.2) is 27.0 Å². The molecule has 106 valence electrons. The summed E-state index contributed by atoms with van der Waals surface area (Å²) >= 11 is 0. The molecule has 1 aliphatic rings. The van der Waals surface area contributed by atoms with Crippen LogP contribution in [0.4, 0.5) is 8.78 Å². The molecule has 1 aliphatic heterocycles. The van der Waals surface area contributed by atoms with Gasteiger partial charge in [-0.3, -0.25) is 0 Å². The van der Waals surface area contributed by atoms with Gasteiger partial charge in [0.1, 0.15) is 16.5 Å². The van der Waals surface area contributed by atoms with Gasteiger partial charge in [0, 0.05) is 12.1 Å². The Labute approximate surface area is 111 Å². The second kappa shape index (κ2) is 5.15. The van der Waals surface area contributed by atoms with Gasteiger partial charge in [-0.2, -0.15) is 0 Å². The highest BCUT2D eigenvalue weighted by atomic mass is 32.2. The fraction of sp³-hybridized carbons (Fsp3) is 0.500. The first-order valence-corrected chi connectivity index (χ1v) is 7.50. The van der Waals surface area contributed by atoms with Crippen LogP contribution in [0.5, 0.6) is 0 Å². The molecule has 1 heterocycles. The quantitative estimate of drug-likeness (QED) is 0.881. The van der Waals surface area contributed by atoms with E-state index in [1.54, 1.807) is 0 Å². The predicted molar refractivity (Wildman–Crippen MR) is 67.2 cm³/mol. The average molecular weight is 290 g/mol. The van der Waals surface area contributed by atoms with Gasteiger partial charge in [0.2, 0.25) is 10.0 Å². The van der Waals surface area contributed by atoms with Crippen LogP contribution < -0.4 is 10.0 Å². The Morgan fingerprint density at radius 2 is 2.16 bits per heavy atom. The third-order valence-electron chi connectivity index (χ3n) is 3.29. The minimum absolute atomic E-state index is 0.144. The average Bonchev–Trinajstić information content (AvgIpc) is 2.78. The Morgan fingerprint density at radius 1 is 1.42 bits per heavy atom. The molecule has 0 aliphatic carbocycles. The van der Waals surface area contributed by atoms with Crippen molar-refractivity contribution in [1.29, 1.82) is 0 Å². The Bertz CT molecular complexity index is 569. The van der Waals surface area contributed by atoms with Crippen molar-refractivity contribution in [3.8, 4) is 0 Å². The molecule has 4 nitrogen and oxygen atoms in total. The van der Waals surface area contributed by atoms with Crippen molar-refractivity contribution in [3.63, 3.8) is 0 Å². The molecule has 0 radical (unpaired) electrons. The topological polar surface area (TPSA) is 58.2 Å². The van der Waals surface area contributed by atoms with Gasteiger partial charge in [-0.25, -0.2) is 21.9 Å². The summed E-state index contributed by atoms with van der Waals surface area (Å²) in [5.74, 6) is -1.74. The van der Waals surface area contributed by atoms with Gasteiger partial charge in [-0.1, -0.05) is 0 Å². The molecule has 0 aromatic heterocycles. The third kappa shape index (κ3) is 3.29. The number of sulfonamides is 1. The Balaban J connectivity index is 2.16. The van der Waals surface area contributed by atoms with Gasteiger partial charge < -0.3 is 5.32 Å². The molecule has 0 bridgehead atoms. The summed E-state index contributed by atoms with van der Waals surface area (Å²) < 4.78 is 52.7. The number of hydrogen-bond acceptors (Lipinski definition) is 3. The number of nitrogens with one attached hydrogen (secondary N) is 2. The van der Waals surface area contributed by atoms with Gasteiger partial charge in [-0.05, 0) is 44.5 Å². The van der Waals surface area contributed by atoms with E-state index in [0.29, 0.717) is 6.07 Å². The second-order valence-electron chi connectivity index (χ2n) is 4.99. The first kappa shape index (κ1) is 14.4. The fourth-order valence-corrected chi connectivity index (χ4v) is 3.38. The summed E-state index contributed by atoms with van der Waals surface area (Å²) in [6, 6.07) is 2.37. The maximum atomic E-state index is 13.5. The molecule has 1 aromatic rings. The summed E-state index contributed by atoms with van der Waals surface area (Å²) in [5.41, 5.74) is -0.336. The fourth-order valence-electron chi connectivity index (χ4n) is 2.12. The lowest BCUT2D eigenvalue weighted by molar-refractivity contribution is 0.409. The van der Waals surface area contributed by atoms with E-state index in [1.807, 2.05) is 6.92 Å². The molecule has 2 N–H and O–H groups in total. The zero-order valence-corrected chi connectivity index (χ0v) is 11.4. The van der Waals surface area contributed by atoms with Crippen LogP contribution in [0.1, 0.15) is 19.8 Å². The number of halogens is 2. The van der Waals surface area contributed by atoms with Crippen molar-refractivity contribution in [2.45, 2.75) is 30.2 Å². The van der Waals surface area contributed by atoms with Crippen molar-refractivity contribution in [3.05, 3.63) is 29.8 Å². The summed E-state index contributed by atoms with van der Waals surface area (Å²) in [6.07, 6.45) is 1.80. The number of hydrogen-bond donors (Lipinski definition) is 2. The molecule has 1 atom stereocenters. The first-order chi connectivity index (χ1) is 8.82. The highest BCUT2D eigenvalue weighted by Gasteiger charge is 2.30. The van der Waals surface area contributed by atoms with Gasteiger partial charge in [0.25, 0.3) is 0 Å². The van der Waals surface area contributed by atoms with Crippen LogP contribution in [0.3, 0.4) is 0 Å². The van der Waals surface area contributed by atoms with Crippen LogP contribution in [0.25, 0.3) is 0 Å². The normalized spacial score (nSPS) is 23.7. The maximum absolute atomic E-state index is 13.5. The third-order valence-corrected chi connectivity index (χ3v) is 4.71. The van der Waals surface area contributed by atoms with Crippen LogP contribution >= 0.6 is 0 Å². The first-order valence-electron chi connectivity index (χ1n) is 6.02. The van der Waals surface area contributed by atoms with E-state index in [9.17, 15) is 17.2 Å². The molecule has 0 amide bonds. The van der Waals surface area contributed by atoms with Crippen molar-refractivity contribution in [2.24, 2.45) is 0 Å². The lowest BCUT2D eigenvalue weighted by Crippen LogP contribution is -2.47. The summed E-state index contributed by atoms with van der Waals surface area (Å²) in [4.78, 5) is -0.658. The lowest BCUT2D eigenvalue weighted by atomic mass is 10.0. The van der Waals surface area contributed by atoms with E-state index in [-0.39, 0.29) is 12.1 Å². The molecule has 1 saturated heterocycles. The molecule has 1 fully saturated rings. The standard InChI is InChI=1S/C12H16F2N2O2S/c1-12(5-2-6-15-12)8-16-19(17,18)11-7-9(13)3-4-10(11)14/h3-4,7,15-16H,2,5-6,8H2,1H3. The Kier molecular flexibility index (Phi) is 3.89. The van der Waals surface area contributed by atoms with Gasteiger partial charge in [0.15, 0.2) is 0 Å². The van der Waals surface area contributed by atoms with E-state index in [2.05, 4.69) is 10.0 Å². The SMILES string of the molecule is CC1(CNS(=O)(=O)c2cc(F)ccc2F)CCCN1. The van der Waals surface area contributed by atoms with E-state index < -0.39 is 26.6 Å². The van der Waals surface area contributed by atoms with Crippen molar-refractivity contribution < 1.29 is 17.2 Å². The van der Waals surface area contributed by atoms with E-state index in [0.717, 1.165) is 31.5 Å². The van der Waals surface area contributed by atoms with Gasteiger partial charge in [-0.15, -0.1) is 0 Å². The summed E-state index contributed by atoms with van der Waals surface area (Å²) in [6.45, 7) is 2.86. The Morgan fingerprint density at radius 3 is 2.79 bits per heavy atom. The highest BCUT2D eigenvalue weighted by molar-refractivity contribution is 7.89. The van der Waals surface area contributed by atoms with Crippen LogP contribution in [-0.2, 0) is 10.0 Å². The van der Waals surface area contributed by atoms with E-state index >= 15 is 0 Å². The van der Waals surface area contributed by atoms with Crippen molar-refractivity contribution in [2.75, 3.05) is 13.1 Å². The second-order valence-corrected chi connectivity index (χ2v) is 6.73. The molecule has 19 heavy (non-hydrogen) atoms. The number of benzene rings is 1. The molecule has 7 heteroatoms. The van der Waals surface area contributed by atoms with Crippen LogP contribution in [0.2, 0.25) is 0 Å².